The van der Waals surface area contributed by atoms with E-state index in [0.717, 1.165) is 25.9 Å². The summed E-state index contributed by atoms with van der Waals surface area (Å²) in [6.45, 7) is 0. The lowest BCUT2D eigenvalue weighted by Crippen LogP contribution is -1.85. The summed E-state index contributed by atoms with van der Waals surface area (Å²) in [7, 11) is 1.61. The van der Waals surface area contributed by atoms with E-state index in [-0.39, 0.29) is 0 Å². The zero-order valence-electron chi connectivity index (χ0n) is 7.41. The molecule has 0 aliphatic heterocycles. The Morgan fingerprint density at radius 1 is 1.50 bits per heavy atom. The standard InChI is InChI=1S/C10H7BrO2S/c1-13-7-3-2-4-8-9(7)6(5-12)10(11)14-8/h2-5H,1H3. The van der Waals surface area contributed by atoms with Crippen molar-refractivity contribution in [2.45, 2.75) is 0 Å². The van der Waals surface area contributed by atoms with Crippen molar-refractivity contribution in [2.24, 2.45) is 0 Å². The molecule has 0 atom stereocenters. The summed E-state index contributed by atoms with van der Waals surface area (Å²) in [5, 5.41) is 0.891. The molecule has 1 aromatic carbocycles. The van der Waals surface area contributed by atoms with Crippen molar-refractivity contribution in [3.63, 3.8) is 0 Å². The van der Waals surface area contributed by atoms with Gasteiger partial charge in [-0.2, -0.15) is 0 Å². The average molecular weight is 271 g/mol. The summed E-state index contributed by atoms with van der Waals surface area (Å²) in [5.41, 5.74) is 0.669. The monoisotopic (exact) mass is 270 g/mol. The minimum Gasteiger partial charge on any atom is -0.496 e. The lowest BCUT2D eigenvalue weighted by atomic mass is 10.2. The number of ether oxygens (including phenoxy) is 1. The van der Waals surface area contributed by atoms with Gasteiger partial charge in [-0.1, -0.05) is 6.07 Å². The van der Waals surface area contributed by atoms with Gasteiger partial charge in [0.15, 0.2) is 6.29 Å². The topological polar surface area (TPSA) is 26.3 Å². The number of benzene rings is 1. The second-order valence-corrected chi connectivity index (χ2v) is 5.11. The van der Waals surface area contributed by atoms with E-state index >= 15 is 0 Å². The van der Waals surface area contributed by atoms with Crippen LogP contribution in [0.2, 0.25) is 0 Å². The molecular weight excluding hydrogens is 264 g/mol. The molecule has 0 aliphatic rings. The summed E-state index contributed by atoms with van der Waals surface area (Å²) in [5.74, 6) is 0.742. The zero-order valence-corrected chi connectivity index (χ0v) is 9.81. The number of thiophene rings is 1. The van der Waals surface area contributed by atoms with Gasteiger partial charge in [0.25, 0.3) is 0 Å². The van der Waals surface area contributed by atoms with Gasteiger partial charge in [-0.05, 0) is 28.1 Å². The molecule has 1 aromatic heterocycles. The van der Waals surface area contributed by atoms with Crippen LogP contribution in [0.4, 0.5) is 0 Å². The highest BCUT2D eigenvalue weighted by atomic mass is 79.9. The fourth-order valence-corrected chi connectivity index (χ4v) is 3.11. The molecule has 0 bridgehead atoms. The first-order valence-corrected chi connectivity index (χ1v) is 5.59. The molecule has 0 N–H and O–H groups in total. The molecule has 0 unspecified atom stereocenters. The Morgan fingerprint density at radius 2 is 2.29 bits per heavy atom. The highest BCUT2D eigenvalue weighted by molar-refractivity contribution is 9.11. The van der Waals surface area contributed by atoms with Crippen LogP contribution in [-0.2, 0) is 0 Å². The predicted molar refractivity (Wildman–Crippen MR) is 61.5 cm³/mol. The molecular formula is C10H7BrO2S. The number of carbonyl (C=O) groups is 1. The van der Waals surface area contributed by atoms with E-state index in [0.29, 0.717) is 5.56 Å². The molecule has 2 aromatic rings. The van der Waals surface area contributed by atoms with Gasteiger partial charge in [-0.25, -0.2) is 0 Å². The van der Waals surface area contributed by atoms with Crippen LogP contribution in [0.25, 0.3) is 10.1 Å². The van der Waals surface area contributed by atoms with Crippen LogP contribution in [0.1, 0.15) is 10.4 Å². The van der Waals surface area contributed by atoms with E-state index in [1.165, 1.54) is 11.3 Å². The van der Waals surface area contributed by atoms with Crippen LogP contribution in [0.3, 0.4) is 0 Å². The number of methoxy groups -OCH3 is 1. The lowest BCUT2D eigenvalue weighted by Gasteiger charge is -2.01. The maximum absolute atomic E-state index is 10.9. The molecule has 0 saturated carbocycles. The normalized spacial score (nSPS) is 10.4. The number of rotatable bonds is 2. The van der Waals surface area contributed by atoms with Gasteiger partial charge in [0.05, 0.1) is 16.5 Å². The Kier molecular flexibility index (Phi) is 2.56. The van der Waals surface area contributed by atoms with E-state index in [4.69, 9.17) is 4.74 Å². The van der Waals surface area contributed by atoms with E-state index in [1.807, 2.05) is 18.2 Å². The second-order valence-electron chi connectivity index (χ2n) is 2.74. The Bertz CT molecular complexity index is 490. The lowest BCUT2D eigenvalue weighted by molar-refractivity contribution is 0.112. The zero-order chi connectivity index (χ0) is 10.1. The molecule has 72 valence electrons. The Balaban J connectivity index is 2.89. The average Bonchev–Trinajstić information content (AvgIpc) is 2.52. The summed E-state index contributed by atoms with van der Waals surface area (Å²) in [4.78, 5) is 10.9. The van der Waals surface area contributed by atoms with Crippen molar-refractivity contribution >= 4 is 43.6 Å². The van der Waals surface area contributed by atoms with Crippen molar-refractivity contribution in [2.75, 3.05) is 7.11 Å². The highest BCUT2D eigenvalue weighted by Crippen LogP contribution is 2.39. The van der Waals surface area contributed by atoms with Gasteiger partial charge in [0, 0.05) is 10.1 Å². The fraction of sp³-hybridized carbons (Fsp3) is 0.100. The molecule has 0 fully saturated rings. The minimum atomic E-state index is 0.669. The van der Waals surface area contributed by atoms with Crippen molar-refractivity contribution in [1.82, 2.24) is 0 Å². The first-order chi connectivity index (χ1) is 6.77. The summed E-state index contributed by atoms with van der Waals surface area (Å²) >= 11 is 4.90. The van der Waals surface area contributed by atoms with Crippen molar-refractivity contribution in [3.05, 3.63) is 27.5 Å². The molecule has 2 nitrogen and oxygen atoms in total. The van der Waals surface area contributed by atoms with Crippen LogP contribution in [-0.4, -0.2) is 13.4 Å². The molecule has 0 spiro atoms. The third-order valence-corrected chi connectivity index (χ3v) is 3.88. The molecule has 4 heteroatoms. The predicted octanol–water partition coefficient (Wildman–Crippen LogP) is 3.48. The quantitative estimate of drug-likeness (QED) is 0.781. The second kappa shape index (κ2) is 3.71. The smallest absolute Gasteiger partial charge is 0.152 e. The summed E-state index contributed by atoms with van der Waals surface area (Å²) in [6, 6.07) is 5.74. The van der Waals surface area contributed by atoms with Crippen LogP contribution < -0.4 is 4.74 Å². The molecule has 0 radical (unpaired) electrons. The van der Waals surface area contributed by atoms with Gasteiger partial charge >= 0.3 is 0 Å². The van der Waals surface area contributed by atoms with Crippen LogP contribution in [0.15, 0.2) is 22.0 Å². The molecule has 0 amide bonds. The largest absolute Gasteiger partial charge is 0.496 e. The summed E-state index contributed by atoms with van der Waals surface area (Å²) < 4.78 is 7.12. The van der Waals surface area contributed by atoms with Crippen LogP contribution in [0, 0.1) is 0 Å². The van der Waals surface area contributed by atoms with Crippen molar-refractivity contribution in [1.29, 1.82) is 0 Å². The van der Waals surface area contributed by atoms with Gasteiger partial charge in [-0.15, -0.1) is 11.3 Å². The van der Waals surface area contributed by atoms with Crippen molar-refractivity contribution < 1.29 is 9.53 Å². The Labute approximate surface area is 93.6 Å². The third kappa shape index (κ3) is 1.35. The van der Waals surface area contributed by atoms with Crippen molar-refractivity contribution in [3.8, 4) is 5.75 Å². The Hall–Kier alpha value is -0.870. The molecule has 2 rings (SSSR count). The van der Waals surface area contributed by atoms with Gasteiger partial charge in [0.2, 0.25) is 0 Å². The SMILES string of the molecule is COc1cccc2sc(Br)c(C=O)c12. The number of fused-ring (bicyclic) bond motifs is 1. The van der Waals surface area contributed by atoms with E-state index in [9.17, 15) is 4.79 Å². The summed E-state index contributed by atoms with van der Waals surface area (Å²) in [6.07, 6.45) is 0.853. The Morgan fingerprint density at radius 3 is 2.93 bits per heavy atom. The third-order valence-electron chi connectivity index (χ3n) is 2.01. The maximum Gasteiger partial charge on any atom is 0.152 e. The highest BCUT2D eigenvalue weighted by Gasteiger charge is 2.12. The number of hydrogen-bond acceptors (Lipinski definition) is 3. The molecule has 14 heavy (non-hydrogen) atoms. The fourth-order valence-electron chi connectivity index (χ4n) is 1.39. The molecule has 0 aliphatic carbocycles. The maximum atomic E-state index is 10.9. The number of carbonyl (C=O) groups excluding carboxylic acids is 1. The van der Waals surface area contributed by atoms with Gasteiger partial charge in [-0.3, -0.25) is 4.79 Å². The number of halogens is 1. The number of hydrogen-bond donors (Lipinski definition) is 0. The van der Waals surface area contributed by atoms with E-state index in [1.54, 1.807) is 7.11 Å². The van der Waals surface area contributed by atoms with E-state index < -0.39 is 0 Å². The molecule has 1 heterocycles. The first kappa shape index (κ1) is 9.68. The van der Waals surface area contributed by atoms with Gasteiger partial charge in [0.1, 0.15) is 5.75 Å². The minimum absolute atomic E-state index is 0.669. The van der Waals surface area contributed by atoms with E-state index in [2.05, 4.69) is 15.9 Å². The van der Waals surface area contributed by atoms with Crippen LogP contribution in [0.5, 0.6) is 5.75 Å². The number of aldehydes is 1. The first-order valence-electron chi connectivity index (χ1n) is 3.98. The van der Waals surface area contributed by atoms with Crippen LogP contribution >= 0.6 is 27.3 Å². The van der Waals surface area contributed by atoms with Gasteiger partial charge < -0.3 is 4.74 Å². The molecule has 0 saturated heterocycles.